The molecule has 0 spiro atoms. The van der Waals surface area contributed by atoms with Crippen LogP contribution in [0.2, 0.25) is 0 Å². The number of ether oxygens (including phenoxy) is 1. The highest BCUT2D eigenvalue weighted by Crippen LogP contribution is 2.36. The maximum Gasteiger partial charge on any atom is 0.144 e. The fraction of sp³-hybridized carbons (Fsp3) is 0.250. The van der Waals surface area contributed by atoms with Gasteiger partial charge in [-0.05, 0) is 31.5 Å². The van der Waals surface area contributed by atoms with E-state index in [1.807, 2.05) is 18.2 Å². The predicted octanol–water partition coefficient (Wildman–Crippen LogP) is 3.93. The lowest BCUT2D eigenvalue weighted by Gasteiger charge is -2.33. The average Bonchev–Trinajstić information content (AvgIpc) is 2.39. The summed E-state index contributed by atoms with van der Waals surface area (Å²) in [6.45, 7) is 4.25. The molecular formula is C16H17NO. The Morgan fingerprint density at radius 3 is 2.50 bits per heavy atom. The predicted molar refractivity (Wildman–Crippen MR) is 74.1 cm³/mol. The van der Waals surface area contributed by atoms with E-state index in [9.17, 15) is 0 Å². The van der Waals surface area contributed by atoms with E-state index >= 15 is 0 Å². The standard InChI is InChI=1S/C16H17NO/c1-11-7-9-13(10-8-11)16-12(2)17-14-5-3-4-6-15(14)18-16/h3-10,12,16-17H,1-2H3. The van der Waals surface area contributed by atoms with Crippen molar-refractivity contribution in [1.82, 2.24) is 0 Å². The monoisotopic (exact) mass is 239 g/mol. The van der Waals surface area contributed by atoms with Crippen molar-refractivity contribution >= 4 is 5.69 Å². The van der Waals surface area contributed by atoms with Gasteiger partial charge in [-0.25, -0.2) is 0 Å². The van der Waals surface area contributed by atoms with Gasteiger partial charge in [-0.15, -0.1) is 0 Å². The second kappa shape index (κ2) is 4.37. The second-order valence-corrected chi connectivity index (χ2v) is 4.88. The Morgan fingerprint density at radius 2 is 1.72 bits per heavy atom. The van der Waals surface area contributed by atoms with Crippen LogP contribution in [0.5, 0.6) is 5.75 Å². The summed E-state index contributed by atoms with van der Waals surface area (Å²) in [4.78, 5) is 0. The van der Waals surface area contributed by atoms with Crippen LogP contribution in [0.4, 0.5) is 5.69 Å². The molecule has 18 heavy (non-hydrogen) atoms. The highest BCUT2D eigenvalue weighted by atomic mass is 16.5. The van der Waals surface area contributed by atoms with Gasteiger partial charge in [0, 0.05) is 0 Å². The van der Waals surface area contributed by atoms with E-state index in [0.717, 1.165) is 11.4 Å². The Kier molecular flexibility index (Phi) is 2.71. The minimum atomic E-state index is 0.0699. The quantitative estimate of drug-likeness (QED) is 0.814. The van der Waals surface area contributed by atoms with Crippen LogP contribution in [-0.2, 0) is 0 Å². The number of hydrogen-bond acceptors (Lipinski definition) is 2. The molecule has 0 saturated heterocycles. The molecule has 2 unspecified atom stereocenters. The highest BCUT2D eigenvalue weighted by Gasteiger charge is 2.27. The van der Waals surface area contributed by atoms with Crippen molar-refractivity contribution in [2.75, 3.05) is 5.32 Å². The van der Waals surface area contributed by atoms with E-state index in [2.05, 4.69) is 49.5 Å². The molecule has 2 atom stereocenters. The second-order valence-electron chi connectivity index (χ2n) is 4.88. The van der Waals surface area contributed by atoms with E-state index < -0.39 is 0 Å². The summed E-state index contributed by atoms with van der Waals surface area (Å²) in [7, 11) is 0. The Labute approximate surface area is 108 Å². The molecule has 3 rings (SSSR count). The van der Waals surface area contributed by atoms with Crippen LogP contribution < -0.4 is 10.1 Å². The maximum atomic E-state index is 6.11. The van der Waals surface area contributed by atoms with E-state index in [4.69, 9.17) is 4.74 Å². The largest absolute Gasteiger partial charge is 0.481 e. The first-order chi connectivity index (χ1) is 8.74. The van der Waals surface area contributed by atoms with Crippen LogP contribution >= 0.6 is 0 Å². The lowest BCUT2D eigenvalue weighted by molar-refractivity contribution is 0.177. The first-order valence-electron chi connectivity index (χ1n) is 6.33. The Bertz CT molecular complexity index is 547. The summed E-state index contributed by atoms with van der Waals surface area (Å²) in [6, 6.07) is 16.9. The molecule has 2 nitrogen and oxygen atoms in total. The van der Waals surface area contributed by atoms with Crippen LogP contribution in [0.15, 0.2) is 48.5 Å². The molecule has 2 aromatic carbocycles. The molecule has 0 fully saturated rings. The first kappa shape index (κ1) is 11.1. The number of nitrogens with one attached hydrogen (secondary N) is 1. The summed E-state index contributed by atoms with van der Waals surface area (Å²) >= 11 is 0. The molecule has 0 bridgehead atoms. The fourth-order valence-electron chi connectivity index (χ4n) is 2.36. The van der Waals surface area contributed by atoms with Gasteiger partial charge in [-0.3, -0.25) is 0 Å². The number of hydrogen-bond donors (Lipinski definition) is 1. The zero-order valence-electron chi connectivity index (χ0n) is 10.7. The molecule has 1 heterocycles. The van der Waals surface area contributed by atoms with E-state index in [-0.39, 0.29) is 12.1 Å². The van der Waals surface area contributed by atoms with Crippen molar-refractivity contribution in [2.24, 2.45) is 0 Å². The highest BCUT2D eigenvalue weighted by molar-refractivity contribution is 5.59. The van der Waals surface area contributed by atoms with Crippen molar-refractivity contribution < 1.29 is 4.74 Å². The minimum absolute atomic E-state index is 0.0699. The molecule has 1 N–H and O–H groups in total. The molecule has 0 aliphatic carbocycles. The van der Waals surface area contributed by atoms with Gasteiger partial charge in [0.25, 0.3) is 0 Å². The van der Waals surface area contributed by atoms with Gasteiger partial charge < -0.3 is 10.1 Å². The van der Waals surface area contributed by atoms with Crippen molar-refractivity contribution in [3.8, 4) is 5.75 Å². The summed E-state index contributed by atoms with van der Waals surface area (Å²) in [5.41, 5.74) is 3.57. The van der Waals surface area contributed by atoms with Crippen LogP contribution in [0.3, 0.4) is 0 Å². The van der Waals surface area contributed by atoms with Gasteiger partial charge in [0.05, 0.1) is 11.7 Å². The molecule has 2 heteroatoms. The lowest BCUT2D eigenvalue weighted by Crippen LogP contribution is -2.32. The van der Waals surface area contributed by atoms with Crippen LogP contribution in [0, 0.1) is 6.92 Å². The van der Waals surface area contributed by atoms with Crippen molar-refractivity contribution in [3.63, 3.8) is 0 Å². The molecule has 0 aromatic heterocycles. The van der Waals surface area contributed by atoms with Crippen molar-refractivity contribution in [1.29, 1.82) is 0 Å². The Morgan fingerprint density at radius 1 is 1.00 bits per heavy atom. The number of rotatable bonds is 1. The van der Waals surface area contributed by atoms with Crippen LogP contribution in [-0.4, -0.2) is 6.04 Å². The number of para-hydroxylation sites is 2. The average molecular weight is 239 g/mol. The zero-order chi connectivity index (χ0) is 12.5. The molecule has 1 aliphatic heterocycles. The molecule has 2 aromatic rings. The minimum Gasteiger partial charge on any atom is -0.481 e. The summed E-state index contributed by atoms with van der Waals surface area (Å²) in [5, 5.41) is 3.50. The van der Waals surface area contributed by atoms with Crippen LogP contribution in [0.1, 0.15) is 24.2 Å². The maximum absolute atomic E-state index is 6.11. The lowest BCUT2D eigenvalue weighted by atomic mass is 10.00. The third-order valence-corrected chi connectivity index (χ3v) is 3.38. The normalized spacial score (nSPS) is 21.7. The number of benzene rings is 2. The molecule has 0 radical (unpaired) electrons. The zero-order valence-corrected chi connectivity index (χ0v) is 10.7. The van der Waals surface area contributed by atoms with Crippen molar-refractivity contribution in [2.45, 2.75) is 26.0 Å². The Balaban J connectivity index is 1.93. The molecule has 92 valence electrons. The molecule has 0 saturated carbocycles. The Hall–Kier alpha value is -1.96. The number of fused-ring (bicyclic) bond motifs is 1. The van der Waals surface area contributed by atoms with Crippen molar-refractivity contribution in [3.05, 3.63) is 59.7 Å². The summed E-state index contributed by atoms with van der Waals surface area (Å²) in [5.74, 6) is 0.932. The van der Waals surface area contributed by atoms with Crippen LogP contribution in [0.25, 0.3) is 0 Å². The van der Waals surface area contributed by atoms with Gasteiger partial charge in [0.1, 0.15) is 11.9 Å². The summed E-state index contributed by atoms with van der Waals surface area (Å²) < 4.78 is 6.11. The van der Waals surface area contributed by atoms with Gasteiger partial charge in [-0.1, -0.05) is 42.0 Å². The van der Waals surface area contributed by atoms with E-state index in [1.165, 1.54) is 11.1 Å². The molecular weight excluding hydrogens is 222 g/mol. The topological polar surface area (TPSA) is 21.3 Å². The first-order valence-corrected chi connectivity index (χ1v) is 6.33. The molecule has 1 aliphatic rings. The van der Waals surface area contributed by atoms with E-state index in [1.54, 1.807) is 0 Å². The molecule has 0 amide bonds. The van der Waals surface area contributed by atoms with Gasteiger partial charge in [0.2, 0.25) is 0 Å². The third-order valence-electron chi connectivity index (χ3n) is 3.38. The van der Waals surface area contributed by atoms with Gasteiger partial charge >= 0.3 is 0 Å². The SMILES string of the molecule is Cc1ccc(C2Oc3ccccc3NC2C)cc1. The summed E-state index contributed by atoms with van der Waals surface area (Å²) in [6.07, 6.45) is 0.0699. The van der Waals surface area contributed by atoms with Gasteiger partial charge in [0.15, 0.2) is 0 Å². The number of anilines is 1. The van der Waals surface area contributed by atoms with Gasteiger partial charge in [-0.2, -0.15) is 0 Å². The third kappa shape index (κ3) is 1.94. The smallest absolute Gasteiger partial charge is 0.144 e. The fourth-order valence-corrected chi connectivity index (χ4v) is 2.36. The number of aryl methyl sites for hydroxylation is 1. The van der Waals surface area contributed by atoms with E-state index in [0.29, 0.717) is 0 Å².